The molecule has 0 atom stereocenters. The number of halogens is 3. The van der Waals surface area contributed by atoms with Crippen molar-refractivity contribution in [3.05, 3.63) is 84.1 Å². The van der Waals surface area contributed by atoms with Crippen LogP contribution in [0.1, 0.15) is 24.0 Å². The molecule has 0 unspecified atom stereocenters. The van der Waals surface area contributed by atoms with Crippen molar-refractivity contribution < 1.29 is 18.0 Å². The van der Waals surface area contributed by atoms with Crippen LogP contribution in [0.2, 0.25) is 0 Å². The lowest BCUT2D eigenvalue weighted by atomic mass is 10.0. The zero-order valence-electron chi connectivity index (χ0n) is 18.8. The Bertz CT molecular complexity index is 1380. The molecular formula is C27H23F3N4O. The van der Waals surface area contributed by atoms with E-state index >= 15 is 0 Å². The van der Waals surface area contributed by atoms with Gasteiger partial charge in [0.15, 0.2) is 0 Å². The maximum absolute atomic E-state index is 13.2. The lowest BCUT2D eigenvalue weighted by Gasteiger charge is -2.17. The smallest absolute Gasteiger partial charge is 0.357 e. The molecule has 178 valence electrons. The number of rotatable bonds is 5. The van der Waals surface area contributed by atoms with Crippen LogP contribution in [-0.4, -0.2) is 29.0 Å². The highest BCUT2D eigenvalue weighted by Gasteiger charge is 2.30. The van der Waals surface area contributed by atoms with E-state index in [2.05, 4.69) is 20.2 Å². The zero-order valence-corrected chi connectivity index (χ0v) is 18.8. The van der Waals surface area contributed by atoms with Crippen molar-refractivity contribution in [3.63, 3.8) is 0 Å². The van der Waals surface area contributed by atoms with Gasteiger partial charge in [-0.15, -0.1) is 0 Å². The van der Waals surface area contributed by atoms with Gasteiger partial charge in [0.25, 0.3) is 0 Å². The molecule has 8 heteroatoms. The normalized spacial score (nSPS) is 13.9. The monoisotopic (exact) mass is 476 g/mol. The molecule has 0 radical (unpaired) electrons. The summed E-state index contributed by atoms with van der Waals surface area (Å²) < 4.78 is 39.5. The van der Waals surface area contributed by atoms with Crippen molar-refractivity contribution in [2.24, 2.45) is 0 Å². The van der Waals surface area contributed by atoms with Crippen molar-refractivity contribution in [3.8, 4) is 11.3 Å². The van der Waals surface area contributed by atoms with Crippen LogP contribution < -0.4 is 10.2 Å². The molecule has 5 rings (SSSR count). The Labute approximate surface area is 200 Å². The molecule has 1 amide bonds. The third-order valence-electron chi connectivity index (χ3n) is 6.10. The van der Waals surface area contributed by atoms with Gasteiger partial charge in [0, 0.05) is 42.0 Å². The number of nitrogens with zero attached hydrogens (tertiary/aromatic N) is 3. The summed E-state index contributed by atoms with van der Waals surface area (Å²) in [4.78, 5) is 24.1. The molecule has 0 bridgehead atoms. The van der Waals surface area contributed by atoms with E-state index in [0.29, 0.717) is 28.0 Å². The van der Waals surface area contributed by atoms with E-state index in [1.165, 1.54) is 6.07 Å². The number of hydrogen-bond acceptors (Lipinski definition) is 4. The largest absolute Gasteiger partial charge is 0.416 e. The van der Waals surface area contributed by atoms with Crippen LogP contribution in [-0.2, 0) is 17.4 Å². The predicted molar refractivity (Wildman–Crippen MR) is 130 cm³/mol. The molecule has 5 nitrogen and oxygen atoms in total. The number of anilines is 2. The number of hydrogen-bond donors (Lipinski definition) is 1. The van der Waals surface area contributed by atoms with E-state index in [0.717, 1.165) is 49.3 Å². The van der Waals surface area contributed by atoms with E-state index in [1.807, 2.05) is 30.3 Å². The molecular weight excluding hydrogens is 453 g/mol. The Morgan fingerprint density at radius 3 is 2.57 bits per heavy atom. The Morgan fingerprint density at radius 1 is 0.971 bits per heavy atom. The number of para-hydroxylation sites is 1. The summed E-state index contributed by atoms with van der Waals surface area (Å²) in [7, 11) is 0. The van der Waals surface area contributed by atoms with Gasteiger partial charge >= 0.3 is 6.18 Å². The Kier molecular flexibility index (Phi) is 6.11. The highest BCUT2D eigenvalue weighted by molar-refractivity contribution is 5.95. The first-order valence-electron chi connectivity index (χ1n) is 11.4. The average Bonchev–Trinajstić information content (AvgIpc) is 3.39. The third-order valence-corrected chi connectivity index (χ3v) is 6.10. The summed E-state index contributed by atoms with van der Waals surface area (Å²) >= 11 is 0. The topological polar surface area (TPSA) is 58.1 Å². The zero-order chi connectivity index (χ0) is 24.4. The number of fused-ring (bicyclic) bond motifs is 1. The molecule has 4 aromatic rings. The number of benzene rings is 2. The second-order valence-electron chi connectivity index (χ2n) is 8.59. The van der Waals surface area contributed by atoms with Crippen molar-refractivity contribution >= 4 is 28.3 Å². The van der Waals surface area contributed by atoms with E-state index in [9.17, 15) is 18.0 Å². The van der Waals surface area contributed by atoms with E-state index < -0.39 is 11.7 Å². The maximum atomic E-state index is 13.2. The molecule has 1 fully saturated rings. The number of pyridine rings is 2. The summed E-state index contributed by atoms with van der Waals surface area (Å²) in [6.45, 7) is 1.92. The van der Waals surface area contributed by atoms with Crippen molar-refractivity contribution in [1.82, 2.24) is 9.97 Å². The first-order valence-corrected chi connectivity index (χ1v) is 11.4. The van der Waals surface area contributed by atoms with Gasteiger partial charge in [-0.3, -0.25) is 4.79 Å². The van der Waals surface area contributed by atoms with Crippen LogP contribution in [0.5, 0.6) is 0 Å². The fourth-order valence-electron chi connectivity index (χ4n) is 4.36. The predicted octanol–water partition coefficient (Wildman–Crippen LogP) is 6.10. The lowest BCUT2D eigenvalue weighted by Crippen LogP contribution is -2.20. The number of carbonyl (C=O) groups is 1. The molecule has 0 saturated carbocycles. The van der Waals surface area contributed by atoms with Crippen LogP contribution in [0.3, 0.4) is 0 Å². The van der Waals surface area contributed by atoms with E-state index in [4.69, 9.17) is 0 Å². The van der Waals surface area contributed by atoms with Gasteiger partial charge in [-0.05, 0) is 42.7 Å². The van der Waals surface area contributed by atoms with Crippen molar-refractivity contribution in [1.29, 1.82) is 0 Å². The van der Waals surface area contributed by atoms with Gasteiger partial charge in [0.1, 0.15) is 5.82 Å². The number of nitrogens with one attached hydrogen (secondary N) is 1. The van der Waals surface area contributed by atoms with Crippen LogP contribution in [0, 0.1) is 0 Å². The van der Waals surface area contributed by atoms with E-state index in [-0.39, 0.29) is 12.3 Å². The maximum Gasteiger partial charge on any atom is 0.416 e. The molecule has 35 heavy (non-hydrogen) atoms. The lowest BCUT2D eigenvalue weighted by molar-refractivity contribution is -0.137. The van der Waals surface area contributed by atoms with Crippen molar-refractivity contribution in [2.45, 2.75) is 25.4 Å². The molecule has 2 aromatic carbocycles. The Hall–Kier alpha value is -3.94. The molecule has 3 heterocycles. The molecule has 0 spiro atoms. The minimum Gasteiger partial charge on any atom is -0.357 e. The highest BCUT2D eigenvalue weighted by Crippen LogP contribution is 2.32. The molecule has 2 aromatic heterocycles. The number of carbonyl (C=O) groups excluding carboxylic acids is 1. The highest BCUT2D eigenvalue weighted by atomic mass is 19.4. The van der Waals surface area contributed by atoms with Crippen LogP contribution in [0.15, 0.2) is 72.9 Å². The molecule has 1 saturated heterocycles. The molecule has 1 aliphatic rings. The fourth-order valence-corrected chi connectivity index (χ4v) is 4.36. The standard InChI is InChI=1S/C27H23F3N4O/c28-27(29,30)21-8-4-6-19(15-21)23-10-9-18-5-3-7-20(26(18)33-23)16-25(35)32-22-11-12-31-24(17-22)34-13-1-2-14-34/h3-12,15,17H,1-2,13-14,16H2,(H,31,32,35). The molecule has 1 N–H and O–H groups in total. The Balaban J connectivity index is 1.39. The summed E-state index contributed by atoms with van der Waals surface area (Å²) in [5, 5.41) is 3.74. The van der Waals surface area contributed by atoms with Gasteiger partial charge in [-0.2, -0.15) is 13.2 Å². The minimum absolute atomic E-state index is 0.0811. The number of aromatic nitrogens is 2. The molecule has 0 aliphatic carbocycles. The van der Waals surface area contributed by atoms with Crippen molar-refractivity contribution in [2.75, 3.05) is 23.3 Å². The van der Waals surface area contributed by atoms with Gasteiger partial charge < -0.3 is 10.2 Å². The quantitative estimate of drug-likeness (QED) is 0.378. The molecule has 1 aliphatic heterocycles. The van der Waals surface area contributed by atoms with Gasteiger partial charge in [-0.25, -0.2) is 9.97 Å². The van der Waals surface area contributed by atoms with Gasteiger partial charge in [-0.1, -0.05) is 36.4 Å². The summed E-state index contributed by atoms with van der Waals surface area (Å²) in [6, 6.07) is 17.7. The van der Waals surface area contributed by atoms with E-state index in [1.54, 1.807) is 24.4 Å². The average molecular weight is 477 g/mol. The van der Waals surface area contributed by atoms with Gasteiger partial charge in [0.2, 0.25) is 5.91 Å². The summed E-state index contributed by atoms with van der Waals surface area (Å²) in [5.74, 6) is 0.639. The summed E-state index contributed by atoms with van der Waals surface area (Å²) in [5.41, 5.74) is 2.01. The van der Waals surface area contributed by atoms with Gasteiger partial charge in [0.05, 0.1) is 23.2 Å². The second-order valence-corrected chi connectivity index (χ2v) is 8.59. The SMILES string of the molecule is O=C(Cc1cccc2ccc(-c3cccc(C(F)(F)F)c3)nc12)Nc1ccnc(N2CCCC2)c1. The summed E-state index contributed by atoms with van der Waals surface area (Å²) in [6.07, 6.45) is -0.400. The van der Waals surface area contributed by atoms with Crippen LogP contribution in [0.25, 0.3) is 22.2 Å². The number of amides is 1. The van der Waals surface area contributed by atoms with Crippen LogP contribution in [0.4, 0.5) is 24.7 Å². The Morgan fingerprint density at radius 2 is 1.77 bits per heavy atom. The number of alkyl halides is 3. The third kappa shape index (κ3) is 5.11. The first-order chi connectivity index (χ1) is 16.9. The minimum atomic E-state index is -4.43. The van der Waals surface area contributed by atoms with Crippen LogP contribution >= 0.6 is 0 Å². The second kappa shape index (κ2) is 9.37. The first kappa shape index (κ1) is 22.8. The fraction of sp³-hybridized carbons (Fsp3) is 0.222.